The van der Waals surface area contributed by atoms with Gasteiger partial charge in [-0.05, 0) is 23.8 Å². The zero-order valence-corrected chi connectivity index (χ0v) is 13.7. The summed E-state index contributed by atoms with van der Waals surface area (Å²) in [6, 6.07) is 15.6. The molecule has 2 aromatic carbocycles. The summed E-state index contributed by atoms with van der Waals surface area (Å²) in [4.78, 5) is 0.0297. The predicted octanol–water partition coefficient (Wildman–Crippen LogP) is 3.14. The van der Waals surface area contributed by atoms with Gasteiger partial charge in [0.25, 0.3) is 0 Å². The molecule has 0 saturated heterocycles. The summed E-state index contributed by atoms with van der Waals surface area (Å²) in [6.07, 6.45) is 0. The lowest BCUT2D eigenvalue weighted by Gasteiger charge is -2.18. The van der Waals surface area contributed by atoms with Gasteiger partial charge in [-0.25, -0.2) is 8.42 Å². The summed E-state index contributed by atoms with van der Waals surface area (Å²) >= 11 is 3.40. The van der Waals surface area contributed by atoms with Crippen LogP contribution in [0.4, 0.5) is 0 Å². The average molecular weight is 365 g/mol. The lowest BCUT2D eigenvalue weighted by Crippen LogP contribution is -2.27. The highest BCUT2D eigenvalue weighted by Crippen LogP contribution is 2.23. The molecule has 0 aliphatic rings. The van der Waals surface area contributed by atoms with E-state index in [0.717, 1.165) is 10.0 Å². The first-order valence-electron chi connectivity index (χ1n) is 6.15. The molecule has 0 N–H and O–H groups in total. The Bertz CT molecular complexity index is 797. The Labute approximate surface area is 132 Å². The van der Waals surface area contributed by atoms with E-state index in [0.29, 0.717) is 0 Å². The molecule has 108 valence electrons. The number of nitriles is 1. The normalized spacial score (nSPS) is 11.3. The molecule has 21 heavy (non-hydrogen) atoms. The van der Waals surface area contributed by atoms with E-state index in [1.807, 2.05) is 30.3 Å². The van der Waals surface area contributed by atoms with Crippen LogP contribution in [0.1, 0.15) is 11.1 Å². The Hall–Kier alpha value is -1.68. The molecule has 4 nitrogen and oxygen atoms in total. The molecule has 0 atom stereocenters. The zero-order chi connectivity index (χ0) is 15.5. The molecule has 2 rings (SSSR count). The summed E-state index contributed by atoms with van der Waals surface area (Å²) in [6.45, 7) is 0.226. The van der Waals surface area contributed by atoms with Gasteiger partial charge in [0.15, 0.2) is 0 Å². The fraction of sp³-hybridized carbons (Fsp3) is 0.133. The second-order valence-corrected chi connectivity index (χ2v) is 7.33. The Kier molecular flexibility index (Phi) is 4.78. The van der Waals surface area contributed by atoms with Gasteiger partial charge in [0.2, 0.25) is 10.0 Å². The van der Waals surface area contributed by atoms with Crippen LogP contribution in [0.25, 0.3) is 0 Å². The van der Waals surface area contributed by atoms with Gasteiger partial charge in [0, 0.05) is 18.1 Å². The van der Waals surface area contributed by atoms with Gasteiger partial charge in [0.05, 0.1) is 10.5 Å². The third-order valence-corrected chi connectivity index (χ3v) is 5.68. The van der Waals surface area contributed by atoms with Crippen molar-refractivity contribution in [3.8, 4) is 6.07 Å². The van der Waals surface area contributed by atoms with Crippen molar-refractivity contribution in [2.45, 2.75) is 11.4 Å². The maximum atomic E-state index is 12.6. The van der Waals surface area contributed by atoms with Crippen LogP contribution in [0.2, 0.25) is 0 Å². The summed E-state index contributed by atoms with van der Waals surface area (Å²) < 4.78 is 27.3. The van der Waals surface area contributed by atoms with Crippen molar-refractivity contribution in [3.63, 3.8) is 0 Å². The van der Waals surface area contributed by atoms with E-state index < -0.39 is 10.0 Å². The molecule has 2 aromatic rings. The van der Waals surface area contributed by atoms with Crippen molar-refractivity contribution >= 4 is 26.0 Å². The third kappa shape index (κ3) is 3.32. The standard InChI is InChI=1S/C15H13BrN2O2S/c1-18(11-13-7-2-4-8-14(13)16)21(19,20)15-9-5-3-6-12(15)10-17/h2-9H,11H2,1H3. The average Bonchev–Trinajstić information content (AvgIpc) is 2.49. The summed E-state index contributed by atoms with van der Waals surface area (Å²) in [7, 11) is -2.20. The summed E-state index contributed by atoms with van der Waals surface area (Å²) in [5.74, 6) is 0. The number of rotatable bonds is 4. The molecular formula is C15H13BrN2O2S. The van der Waals surface area contributed by atoms with Crippen LogP contribution in [-0.4, -0.2) is 19.8 Å². The highest BCUT2D eigenvalue weighted by Gasteiger charge is 2.24. The third-order valence-electron chi connectivity index (χ3n) is 3.05. The molecule has 0 fully saturated rings. The number of halogens is 1. The van der Waals surface area contributed by atoms with E-state index >= 15 is 0 Å². The molecule has 0 aliphatic heterocycles. The van der Waals surface area contributed by atoms with Gasteiger partial charge in [-0.3, -0.25) is 0 Å². The first-order valence-corrected chi connectivity index (χ1v) is 8.39. The quantitative estimate of drug-likeness (QED) is 0.836. The minimum atomic E-state index is -3.71. The smallest absolute Gasteiger partial charge is 0.207 e. The monoisotopic (exact) mass is 364 g/mol. The van der Waals surface area contributed by atoms with Crippen molar-refractivity contribution < 1.29 is 8.42 Å². The van der Waals surface area contributed by atoms with Crippen LogP contribution in [0, 0.1) is 11.3 Å². The molecule has 6 heteroatoms. The molecule has 0 aromatic heterocycles. The fourth-order valence-electron chi connectivity index (χ4n) is 1.90. The van der Waals surface area contributed by atoms with Gasteiger partial charge in [0.1, 0.15) is 6.07 Å². The van der Waals surface area contributed by atoms with Crippen molar-refractivity contribution in [2.24, 2.45) is 0 Å². The summed E-state index contributed by atoms with van der Waals surface area (Å²) in [5.41, 5.74) is 1.01. The molecule has 0 aliphatic carbocycles. The van der Waals surface area contributed by atoms with Gasteiger partial charge in [-0.2, -0.15) is 9.57 Å². The number of benzene rings is 2. The van der Waals surface area contributed by atoms with E-state index in [4.69, 9.17) is 5.26 Å². The Balaban J connectivity index is 2.36. The van der Waals surface area contributed by atoms with Gasteiger partial charge < -0.3 is 0 Å². The van der Waals surface area contributed by atoms with Gasteiger partial charge in [-0.1, -0.05) is 46.3 Å². The molecule has 0 unspecified atom stereocenters. The number of hydrogen-bond acceptors (Lipinski definition) is 3. The van der Waals surface area contributed by atoms with Gasteiger partial charge >= 0.3 is 0 Å². The zero-order valence-electron chi connectivity index (χ0n) is 11.3. The lowest BCUT2D eigenvalue weighted by molar-refractivity contribution is 0.466. The van der Waals surface area contributed by atoms with E-state index in [1.54, 1.807) is 12.1 Å². The Morgan fingerprint density at radius 1 is 1.14 bits per heavy atom. The number of sulfonamides is 1. The second kappa shape index (κ2) is 6.39. The van der Waals surface area contributed by atoms with Gasteiger partial charge in [-0.15, -0.1) is 0 Å². The SMILES string of the molecule is CN(Cc1ccccc1Br)S(=O)(=O)c1ccccc1C#N. The summed E-state index contributed by atoms with van der Waals surface area (Å²) in [5, 5.41) is 9.06. The maximum absolute atomic E-state index is 12.6. The van der Waals surface area contributed by atoms with E-state index in [-0.39, 0.29) is 17.0 Å². The molecular weight excluding hydrogens is 352 g/mol. The van der Waals surface area contributed by atoms with Crippen LogP contribution < -0.4 is 0 Å². The first-order chi connectivity index (χ1) is 9.96. The minimum Gasteiger partial charge on any atom is -0.207 e. The fourth-order valence-corrected chi connectivity index (χ4v) is 3.60. The molecule has 0 amide bonds. The first kappa shape index (κ1) is 15.7. The van der Waals surface area contributed by atoms with E-state index in [9.17, 15) is 8.42 Å². The van der Waals surface area contributed by atoms with Crippen LogP contribution >= 0.6 is 15.9 Å². The lowest BCUT2D eigenvalue weighted by atomic mass is 10.2. The van der Waals surface area contributed by atoms with Crippen molar-refractivity contribution in [3.05, 3.63) is 64.1 Å². The van der Waals surface area contributed by atoms with Crippen molar-refractivity contribution in [2.75, 3.05) is 7.05 Å². The van der Waals surface area contributed by atoms with E-state index in [2.05, 4.69) is 15.9 Å². The Morgan fingerprint density at radius 2 is 1.76 bits per heavy atom. The second-order valence-electron chi connectivity index (χ2n) is 4.46. The highest BCUT2D eigenvalue weighted by atomic mass is 79.9. The number of hydrogen-bond donors (Lipinski definition) is 0. The largest absolute Gasteiger partial charge is 0.244 e. The van der Waals surface area contributed by atoms with Crippen molar-refractivity contribution in [1.29, 1.82) is 5.26 Å². The van der Waals surface area contributed by atoms with Crippen LogP contribution in [0.3, 0.4) is 0 Å². The van der Waals surface area contributed by atoms with Crippen LogP contribution in [0.15, 0.2) is 57.9 Å². The maximum Gasteiger partial charge on any atom is 0.244 e. The molecule has 0 radical (unpaired) electrons. The predicted molar refractivity (Wildman–Crippen MR) is 84.0 cm³/mol. The minimum absolute atomic E-state index is 0.0297. The topological polar surface area (TPSA) is 61.2 Å². The molecule has 0 bridgehead atoms. The highest BCUT2D eigenvalue weighted by molar-refractivity contribution is 9.10. The molecule has 0 saturated carbocycles. The number of nitrogens with zero attached hydrogens (tertiary/aromatic N) is 2. The molecule has 0 heterocycles. The van der Waals surface area contributed by atoms with E-state index in [1.165, 1.54) is 23.5 Å². The van der Waals surface area contributed by atoms with Crippen LogP contribution in [-0.2, 0) is 16.6 Å². The van der Waals surface area contributed by atoms with Crippen molar-refractivity contribution in [1.82, 2.24) is 4.31 Å². The Morgan fingerprint density at radius 3 is 2.43 bits per heavy atom. The molecule has 0 spiro atoms. The van der Waals surface area contributed by atoms with Crippen LogP contribution in [0.5, 0.6) is 0 Å².